The Hall–Kier alpha value is -3.98. The number of alkyl halides is 1. The van der Waals surface area contributed by atoms with E-state index in [1.54, 1.807) is 30.3 Å². The van der Waals surface area contributed by atoms with Crippen molar-refractivity contribution in [3.63, 3.8) is 0 Å². The van der Waals surface area contributed by atoms with Crippen molar-refractivity contribution in [2.24, 2.45) is 0 Å². The quantitative estimate of drug-likeness (QED) is 0.205. The summed E-state index contributed by atoms with van der Waals surface area (Å²) in [6.45, 7) is -0.0456. The van der Waals surface area contributed by atoms with E-state index >= 15 is 0 Å². The van der Waals surface area contributed by atoms with Gasteiger partial charge in [-0.25, -0.2) is 4.79 Å². The van der Waals surface area contributed by atoms with Crippen molar-refractivity contribution < 1.29 is 28.6 Å². The lowest BCUT2D eigenvalue weighted by atomic mass is 9.94. The SMILES string of the molecule is CO[C@@]1(NC(=O)c2ccccc2)C(=O)N2C(C(=O)OC(c3ccccc3)c3ccccc3)=C(CCl)CO[C@@H]21. The predicted octanol–water partition coefficient (Wildman–Crippen LogP) is 3.78. The Bertz CT molecular complexity index is 1330. The second-order valence-corrected chi connectivity index (χ2v) is 9.06. The first kappa shape index (κ1) is 25.7. The number of carbonyl (C=O) groups excluding carboxylic acids is 3. The first-order chi connectivity index (χ1) is 18.5. The van der Waals surface area contributed by atoms with E-state index in [1.165, 1.54) is 7.11 Å². The second-order valence-electron chi connectivity index (χ2n) is 8.79. The summed E-state index contributed by atoms with van der Waals surface area (Å²) in [7, 11) is 1.30. The van der Waals surface area contributed by atoms with Crippen LogP contribution >= 0.6 is 11.6 Å². The van der Waals surface area contributed by atoms with E-state index in [4.69, 9.17) is 25.8 Å². The maximum Gasteiger partial charge on any atom is 0.356 e. The molecule has 5 rings (SSSR count). The minimum Gasteiger partial charge on any atom is -0.448 e. The van der Waals surface area contributed by atoms with Gasteiger partial charge in [-0.2, -0.15) is 0 Å². The topological polar surface area (TPSA) is 94.2 Å². The van der Waals surface area contributed by atoms with E-state index in [-0.39, 0.29) is 18.2 Å². The smallest absolute Gasteiger partial charge is 0.356 e. The van der Waals surface area contributed by atoms with Gasteiger partial charge in [0.1, 0.15) is 5.70 Å². The maximum atomic E-state index is 13.7. The highest BCUT2D eigenvalue weighted by atomic mass is 35.5. The zero-order chi connectivity index (χ0) is 26.7. The third-order valence-corrected chi connectivity index (χ3v) is 6.87. The number of esters is 1. The van der Waals surface area contributed by atoms with Gasteiger partial charge in [0.2, 0.25) is 0 Å². The van der Waals surface area contributed by atoms with Crippen LogP contribution in [0.2, 0.25) is 0 Å². The van der Waals surface area contributed by atoms with Gasteiger partial charge in [-0.05, 0) is 23.3 Å². The molecule has 0 bridgehead atoms. The van der Waals surface area contributed by atoms with E-state index in [9.17, 15) is 14.4 Å². The number of fused-ring (bicyclic) bond motifs is 1. The van der Waals surface area contributed by atoms with Gasteiger partial charge in [-0.15, -0.1) is 11.6 Å². The van der Waals surface area contributed by atoms with Gasteiger partial charge >= 0.3 is 5.97 Å². The molecule has 3 aromatic carbocycles. The van der Waals surface area contributed by atoms with Gasteiger partial charge in [-0.1, -0.05) is 78.9 Å². The largest absolute Gasteiger partial charge is 0.448 e. The van der Waals surface area contributed by atoms with Crippen LogP contribution in [-0.2, 0) is 23.8 Å². The Kier molecular flexibility index (Phi) is 7.28. The lowest BCUT2D eigenvalue weighted by molar-refractivity contribution is -0.256. The molecule has 0 aliphatic carbocycles. The molecule has 38 heavy (non-hydrogen) atoms. The number of nitrogens with one attached hydrogen (secondary N) is 1. The Morgan fingerprint density at radius 1 is 1.00 bits per heavy atom. The minimum absolute atomic E-state index is 0.0141. The number of methoxy groups -OCH3 is 1. The molecule has 2 aliphatic rings. The molecule has 0 unspecified atom stereocenters. The molecule has 2 heterocycles. The Labute approximate surface area is 224 Å². The summed E-state index contributed by atoms with van der Waals surface area (Å²) in [5, 5.41) is 2.64. The van der Waals surface area contributed by atoms with Gasteiger partial charge < -0.3 is 19.5 Å². The molecule has 9 heteroatoms. The van der Waals surface area contributed by atoms with Crippen molar-refractivity contribution in [3.8, 4) is 0 Å². The van der Waals surface area contributed by atoms with Crippen molar-refractivity contribution in [1.82, 2.24) is 10.2 Å². The monoisotopic (exact) mass is 532 g/mol. The molecule has 8 nitrogen and oxygen atoms in total. The molecular formula is C29H25ClN2O6. The zero-order valence-electron chi connectivity index (χ0n) is 20.5. The lowest BCUT2D eigenvalue weighted by Crippen LogP contribution is -2.82. The van der Waals surface area contributed by atoms with Crippen LogP contribution < -0.4 is 5.32 Å². The van der Waals surface area contributed by atoms with Crippen LogP contribution in [0.5, 0.6) is 0 Å². The molecule has 2 atom stereocenters. The first-order valence-electron chi connectivity index (χ1n) is 12.0. The normalized spacial score (nSPS) is 20.6. The molecule has 1 fully saturated rings. The summed E-state index contributed by atoms with van der Waals surface area (Å²) in [5.74, 6) is -1.98. The summed E-state index contributed by atoms with van der Waals surface area (Å²) in [4.78, 5) is 41.3. The summed E-state index contributed by atoms with van der Waals surface area (Å²) in [6, 6.07) is 27.0. The van der Waals surface area contributed by atoms with Gasteiger partial charge in [0.15, 0.2) is 12.3 Å². The fourth-order valence-corrected chi connectivity index (χ4v) is 4.82. The number of benzene rings is 3. The Morgan fingerprint density at radius 2 is 1.55 bits per heavy atom. The van der Waals surface area contributed by atoms with Crippen LogP contribution in [0.3, 0.4) is 0 Å². The number of amides is 2. The fraction of sp³-hybridized carbons (Fsp3) is 0.207. The maximum absolute atomic E-state index is 13.7. The standard InChI is InChI=1S/C29H25ClN2O6/c1-36-29(31-25(33)21-15-9-4-10-16-21)27(35)32-23(22(17-30)18-37-28(29)32)26(34)38-24(19-11-5-2-6-12-19)20-13-7-3-8-14-20/h2-16,24,28H,17-18H2,1H3,(H,31,33)/t28-,29+/m1/s1. The van der Waals surface area contributed by atoms with Crippen molar-refractivity contribution in [3.05, 3.63) is 119 Å². The number of carbonyl (C=O) groups is 3. The Morgan fingerprint density at radius 3 is 2.08 bits per heavy atom. The molecule has 2 aliphatic heterocycles. The number of nitrogens with zero attached hydrogens (tertiary/aromatic N) is 1. The molecule has 0 aromatic heterocycles. The van der Waals surface area contributed by atoms with Crippen LogP contribution in [0.15, 0.2) is 102 Å². The van der Waals surface area contributed by atoms with Gasteiger partial charge in [-0.3, -0.25) is 14.5 Å². The first-order valence-corrected chi connectivity index (χ1v) is 12.5. The molecule has 194 valence electrons. The van der Waals surface area contributed by atoms with E-state index < -0.39 is 35.8 Å². The van der Waals surface area contributed by atoms with Gasteiger partial charge in [0, 0.05) is 24.1 Å². The van der Waals surface area contributed by atoms with Crippen LogP contribution in [0.4, 0.5) is 0 Å². The summed E-state index contributed by atoms with van der Waals surface area (Å²) in [6.07, 6.45) is -1.81. The van der Waals surface area contributed by atoms with Gasteiger partial charge in [0.05, 0.1) is 6.61 Å². The van der Waals surface area contributed by atoms with Gasteiger partial charge in [0.25, 0.3) is 17.5 Å². The predicted molar refractivity (Wildman–Crippen MR) is 139 cm³/mol. The number of ether oxygens (including phenoxy) is 3. The molecular weight excluding hydrogens is 508 g/mol. The molecule has 2 amide bonds. The minimum atomic E-state index is -1.81. The molecule has 0 saturated carbocycles. The van der Waals surface area contributed by atoms with Crippen molar-refractivity contribution in [2.75, 3.05) is 19.6 Å². The molecule has 1 N–H and O–H groups in total. The average molecular weight is 533 g/mol. The summed E-state index contributed by atoms with van der Waals surface area (Å²) >= 11 is 6.16. The van der Waals surface area contributed by atoms with E-state index in [2.05, 4.69) is 5.32 Å². The van der Waals surface area contributed by atoms with Crippen molar-refractivity contribution in [1.29, 1.82) is 0 Å². The van der Waals surface area contributed by atoms with E-state index in [0.717, 1.165) is 16.0 Å². The van der Waals surface area contributed by atoms with Crippen LogP contribution in [-0.4, -0.2) is 54.2 Å². The van der Waals surface area contributed by atoms with E-state index in [1.807, 2.05) is 60.7 Å². The highest BCUT2D eigenvalue weighted by Crippen LogP contribution is 2.42. The number of hydrogen-bond donors (Lipinski definition) is 1. The zero-order valence-corrected chi connectivity index (χ0v) is 21.3. The number of rotatable bonds is 8. The molecule has 0 spiro atoms. The molecule has 0 radical (unpaired) electrons. The molecule has 1 saturated heterocycles. The average Bonchev–Trinajstić information content (AvgIpc) is 2.98. The van der Waals surface area contributed by atoms with Crippen molar-refractivity contribution >= 4 is 29.4 Å². The number of hydrogen-bond acceptors (Lipinski definition) is 6. The second kappa shape index (κ2) is 10.8. The fourth-order valence-electron chi connectivity index (χ4n) is 4.61. The number of halogens is 1. The van der Waals surface area contributed by atoms with Crippen LogP contribution in [0.25, 0.3) is 0 Å². The highest BCUT2D eigenvalue weighted by molar-refractivity contribution is 6.20. The summed E-state index contributed by atoms with van der Waals surface area (Å²) in [5.41, 5.74) is 0.435. The van der Waals surface area contributed by atoms with Crippen LogP contribution in [0, 0.1) is 0 Å². The van der Waals surface area contributed by atoms with Crippen LogP contribution in [0.1, 0.15) is 27.6 Å². The lowest BCUT2D eigenvalue weighted by Gasteiger charge is -2.55. The Balaban J connectivity index is 1.44. The number of β-lactam (4-membered cyclic amide) rings is 1. The third kappa shape index (κ3) is 4.47. The highest BCUT2D eigenvalue weighted by Gasteiger charge is 2.67. The van der Waals surface area contributed by atoms with E-state index in [0.29, 0.717) is 11.1 Å². The summed E-state index contributed by atoms with van der Waals surface area (Å²) < 4.78 is 17.4. The third-order valence-electron chi connectivity index (χ3n) is 6.55. The molecule has 3 aromatic rings. The van der Waals surface area contributed by atoms with Crippen molar-refractivity contribution in [2.45, 2.75) is 18.1 Å².